The Bertz CT molecular complexity index is 812. The van der Waals surface area contributed by atoms with E-state index in [9.17, 15) is 18.0 Å². The van der Waals surface area contributed by atoms with E-state index >= 15 is 0 Å². The van der Waals surface area contributed by atoms with E-state index in [1.165, 1.54) is 22.8 Å². The Labute approximate surface area is 172 Å². The molecule has 2 atom stereocenters. The lowest BCUT2D eigenvalue weighted by molar-refractivity contribution is -0.157. The summed E-state index contributed by atoms with van der Waals surface area (Å²) in [7, 11) is -3.60. The van der Waals surface area contributed by atoms with E-state index in [0.717, 1.165) is 6.42 Å². The van der Waals surface area contributed by atoms with Crippen LogP contribution in [0.1, 0.15) is 33.1 Å². The molecule has 160 valence electrons. The van der Waals surface area contributed by atoms with E-state index in [2.05, 4.69) is 18.8 Å². The van der Waals surface area contributed by atoms with Gasteiger partial charge in [-0.05, 0) is 43.2 Å². The van der Waals surface area contributed by atoms with Gasteiger partial charge in [-0.25, -0.2) is 8.42 Å². The number of aromatic nitrogens is 1. The normalized spacial score (nSPS) is 24.3. The first-order valence-electron chi connectivity index (χ1n) is 10.1. The zero-order valence-corrected chi connectivity index (χ0v) is 17.8. The Morgan fingerprint density at radius 1 is 1.17 bits per heavy atom. The number of hydrogen-bond donors (Lipinski definition) is 0. The van der Waals surface area contributed by atoms with Gasteiger partial charge in [0.05, 0.1) is 5.92 Å². The molecule has 9 heteroatoms. The third kappa shape index (κ3) is 5.33. The van der Waals surface area contributed by atoms with Crippen molar-refractivity contribution >= 4 is 21.9 Å². The van der Waals surface area contributed by atoms with Gasteiger partial charge in [0.1, 0.15) is 4.90 Å². The smallest absolute Gasteiger partial charge is 0.309 e. The number of esters is 1. The van der Waals surface area contributed by atoms with E-state index < -0.39 is 16.0 Å². The number of likely N-dealkylation sites (tertiary alicyclic amines) is 1. The van der Waals surface area contributed by atoms with E-state index in [1.807, 2.05) is 0 Å². The molecule has 0 saturated carbocycles. The Hall–Kier alpha value is -2.00. The van der Waals surface area contributed by atoms with Crippen LogP contribution in [0.2, 0.25) is 0 Å². The van der Waals surface area contributed by atoms with Crippen molar-refractivity contribution in [2.75, 3.05) is 32.8 Å². The van der Waals surface area contributed by atoms with Crippen LogP contribution >= 0.6 is 0 Å². The van der Waals surface area contributed by atoms with Crippen molar-refractivity contribution in [3.8, 4) is 0 Å². The van der Waals surface area contributed by atoms with Crippen molar-refractivity contribution < 1.29 is 22.7 Å². The number of nitrogens with zero attached hydrogens (tertiary/aromatic N) is 3. The molecule has 2 fully saturated rings. The van der Waals surface area contributed by atoms with Gasteiger partial charge in [0.15, 0.2) is 6.61 Å². The molecule has 1 amide bonds. The molecule has 3 heterocycles. The molecule has 2 unspecified atom stereocenters. The lowest BCUT2D eigenvalue weighted by Gasteiger charge is -2.35. The highest BCUT2D eigenvalue weighted by molar-refractivity contribution is 7.89. The highest BCUT2D eigenvalue weighted by Crippen LogP contribution is 2.25. The van der Waals surface area contributed by atoms with Crippen molar-refractivity contribution in [1.82, 2.24) is 14.2 Å². The van der Waals surface area contributed by atoms with Crippen LogP contribution in [0, 0.1) is 17.8 Å². The molecule has 2 aliphatic heterocycles. The first-order valence-corrected chi connectivity index (χ1v) is 11.6. The van der Waals surface area contributed by atoms with Gasteiger partial charge in [0.2, 0.25) is 10.0 Å². The Balaban J connectivity index is 1.47. The van der Waals surface area contributed by atoms with Crippen molar-refractivity contribution in [3.63, 3.8) is 0 Å². The summed E-state index contributed by atoms with van der Waals surface area (Å²) >= 11 is 0. The maximum atomic E-state index is 12.6. The van der Waals surface area contributed by atoms with Gasteiger partial charge < -0.3 is 9.64 Å². The second-order valence-electron chi connectivity index (χ2n) is 8.22. The number of rotatable bonds is 5. The molecule has 0 spiro atoms. The minimum atomic E-state index is -3.60. The van der Waals surface area contributed by atoms with Crippen LogP contribution in [0.15, 0.2) is 29.4 Å². The second kappa shape index (κ2) is 9.21. The zero-order valence-electron chi connectivity index (χ0n) is 17.0. The molecule has 29 heavy (non-hydrogen) atoms. The van der Waals surface area contributed by atoms with Crippen molar-refractivity contribution in [2.24, 2.45) is 17.8 Å². The number of hydrogen-bond acceptors (Lipinski definition) is 6. The van der Waals surface area contributed by atoms with Crippen LogP contribution in [0.3, 0.4) is 0 Å². The number of carbonyl (C=O) groups is 2. The highest BCUT2D eigenvalue weighted by Gasteiger charge is 2.33. The molecular weight excluding hydrogens is 394 g/mol. The van der Waals surface area contributed by atoms with Gasteiger partial charge in [-0.1, -0.05) is 13.8 Å². The van der Waals surface area contributed by atoms with Gasteiger partial charge in [-0.2, -0.15) is 4.31 Å². The molecule has 0 bridgehead atoms. The summed E-state index contributed by atoms with van der Waals surface area (Å²) in [4.78, 5) is 30.5. The van der Waals surface area contributed by atoms with E-state index in [-0.39, 0.29) is 36.4 Å². The lowest BCUT2D eigenvalue weighted by atomic mass is 9.92. The molecule has 0 aromatic carbocycles. The van der Waals surface area contributed by atoms with Crippen LogP contribution in [-0.4, -0.2) is 67.3 Å². The quantitative estimate of drug-likeness (QED) is 0.667. The standard InChI is InChI=1S/C20H29N3O5S/c1-15-10-16(2)13-22(12-15)19(24)14-28-20(25)17-5-8-23(9-6-17)29(26,27)18-4-3-7-21-11-18/h3-4,7,11,15-17H,5-6,8-10,12-14H2,1-2H3. The van der Waals surface area contributed by atoms with Gasteiger partial charge in [0.25, 0.3) is 5.91 Å². The summed E-state index contributed by atoms with van der Waals surface area (Å²) in [5.74, 6) is -0.0699. The first-order chi connectivity index (χ1) is 13.8. The summed E-state index contributed by atoms with van der Waals surface area (Å²) in [5.41, 5.74) is 0. The number of piperidine rings is 2. The van der Waals surface area contributed by atoms with Gasteiger partial charge in [0, 0.05) is 38.6 Å². The second-order valence-corrected chi connectivity index (χ2v) is 10.2. The SMILES string of the molecule is CC1CC(C)CN(C(=O)COC(=O)C2CCN(S(=O)(=O)c3cccnc3)CC2)C1. The average molecular weight is 424 g/mol. The van der Waals surface area contributed by atoms with Crippen molar-refractivity contribution in [3.05, 3.63) is 24.5 Å². The van der Waals surface area contributed by atoms with Gasteiger partial charge in [-0.15, -0.1) is 0 Å². The summed E-state index contributed by atoms with van der Waals surface area (Å²) in [5, 5.41) is 0. The molecule has 2 aliphatic rings. The van der Waals surface area contributed by atoms with E-state index in [4.69, 9.17) is 4.74 Å². The van der Waals surface area contributed by atoms with Crippen LogP contribution in [-0.2, 0) is 24.3 Å². The Kier molecular flexibility index (Phi) is 6.89. The van der Waals surface area contributed by atoms with E-state index in [0.29, 0.717) is 37.8 Å². The number of amides is 1. The molecule has 3 rings (SSSR count). The van der Waals surface area contributed by atoms with E-state index in [1.54, 1.807) is 11.0 Å². The fourth-order valence-electron chi connectivity index (χ4n) is 4.19. The molecular formula is C20H29N3O5S. The number of pyridine rings is 1. The predicted octanol–water partition coefficient (Wildman–Crippen LogP) is 1.53. The van der Waals surface area contributed by atoms with Crippen LogP contribution in [0.5, 0.6) is 0 Å². The lowest BCUT2D eigenvalue weighted by Crippen LogP contribution is -2.45. The average Bonchev–Trinajstić information content (AvgIpc) is 2.71. The maximum absolute atomic E-state index is 12.6. The summed E-state index contributed by atoms with van der Waals surface area (Å²) < 4.78 is 31.9. The first kappa shape index (κ1) is 21.7. The summed E-state index contributed by atoms with van der Waals surface area (Å²) in [6, 6.07) is 3.09. The van der Waals surface area contributed by atoms with Gasteiger partial charge >= 0.3 is 5.97 Å². The summed E-state index contributed by atoms with van der Waals surface area (Å²) in [6.07, 6.45) is 4.70. The van der Waals surface area contributed by atoms with Crippen LogP contribution < -0.4 is 0 Å². The van der Waals surface area contributed by atoms with Crippen molar-refractivity contribution in [1.29, 1.82) is 0 Å². The number of ether oxygens (including phenoxy) is 1. The third-order valence-electron chi connectivity index (χ3n) is 5.62. The highest BCUT2D eigenvalue weighted by atomic mass is 32.2. The zero-order chi connectivity index (χ0) is 21.0. The fourth-order valence-corrected chi connectivity index (χ4v) is 5.62. The Morgan fingerprint density at radius 2 is 1.83 bits per heavy atom. The fraction of sp³-hybridized carbons (Fsp3) is 0.650. The molecule has 1 aromatic rings. The molecule has 8 nitrogen and oxygen atoms in total. The molecule has 1 aromatic heterocycles. The molecule has 0 N–H and O–H groups in total. The number of carbonyl (C=O) groups excluding carboxylic acids is 2. The molecule has 0 radical (unpaired) electrons. The maximum Gasteiger partial charge on any atom is 0.309 e. The minimum absolute atomic E-state index is 0.150. The molecule has 2 saturated heterocycles. The van der Waals surface area contributed by atoms with Crippen LogP contribution in [0.25, 0.3) is 0 Å². The topological polar surface area (TPSA) is 96.9 Å². The van der Waals surface area contributed by atoms with Crippen LogP contribution in [0.4, 0.5) is 0 Å². The molecule has 0 aliphatic carbocycles. The predicted molar refractivity (Wildman–Crippen MR) is 106 cm³/mol. The summed E-state index contributed by atoms with van der Waals surface area (Å²) in [6.45, 7) is 5.88. The Morgan fingerprint density at radius 3 is 2.41 bits per heavy atom. The number of sulfonamides is 1. The monoisotopic (exact) mass is 423 g/mol. The van der Waals surface area contributed by atoms with Crippen molar-refractivity contribution in [2.45, 2.75) is 38.0 Å². The minimum Gasteiger partial charge on any atom is -0.455 e. The third-order valence-corrected chi connectivity index (χ3v) is 7.50. The largest absolute Gasteiger partial charge is 0.455 e. The van der Waals surface area contributed by atoms with Gasteiger partial charge in [-0.3, -0.25) is 14.6 Å².